The zero-order valence-corrected chi connectivity index (χ0v) is 16.9. The third-order valence-electron chi connectivity index (χ3n) is 4.67. The molecule has 4 rings (SSSR count). The highest BCUT2D eigenvalue weighted by molar-refractivity contribution is 7.14. The molecular weight excluding hydrogens is 394 g/mol. The van der Waals surface area contributed by atoms with Crippen molar-refractivity contribution in [3.63, 3.8) is 0 Å². The number of thiazole rings is 1. The Kier molecular flexibility index (Phi) is 5.40. The van der Waals surface area contributed by atoms with Crippen molar-refractivity contribution in [3.05, 3.63) is 52.0 Å². The summed E-state index contributed by atoms with van der Waals surface area (Å²) in [6.45, 7) is 0.601. The number of nitrogens with zero attached hydrogens (tertiary/aromatic N) is 2. The van der Waals surface area contributed by atoms with Gasteiger partial charge in [-0.3, -0.25) is 9.59 Å². The van der Waals surface area contributed by atoms with E-state index >= 15 is 0 Å². The maximum absolute atomic E-state index is 12.8. The molecule has 6 nitrogen and oxygen atoms in total. The van der Waals surface area contributed by atoms with Gasteiger partial charge < -0.3 is 15.0 Å². The van der Waals surface area contributed by atoms with Crippen LogP contribution in [0.1, 0.15) is 22.5 Å². The topological polar surface area (TPSA) is 71.5 Å². The van der Waals surface area contributed by atoms with Gasteiger partial charge in [0.05, 0.1) is 17.7 Å². The number of hydrogen-bond donors (Lipinski definition) is 1. The number of rotatable bonds is 5. The Hall–Kier alpha value is -2.71. The van der Waals surface area contributed by atoms with Gasteiger partial charge in [-0.25, -0.2) is 4.98 Å². The van der Waals surface area contributed by atoms with Crippen molar-refractivity contribution in [2.45, 2.75) is 18.9 Å². The smallest absolute Gasteiger partial charge is 0.264 e. The van der Waals surface area contributed by atoms with E-state index in [9.17, 15) is 9.59 Å². The summed E-state index contributed by atoms with van der Waals surface area (Å²) >= 11 is 2.77. The van der Waals surface area contributed by atoms with Gasteiger partial charge in [0.2, 0.25) is 5.91 Å². The zero-order chi connectivity index (χ0) is 19.5. The first kappa shape index (κ1) is 18.6. The number of likely N-dealkylation sites (tertiary alicyclic amines) is 1. The monoisotopic (exact) mass is 413 g/mol. The number of carbonyl (C=O) groups is 2. The molecule has 8 heteroatoms. The van der Waals surface area contributed by atoms with Crippen LogP contribution in [-0.2, 0) is 4.79 Å². The quantitative estimate of drug-likeness (QED) is 0.683. The fourth-order valence-electron chi connectivity index (χ4n) is 3.24. The van der Waals surface area contributed by atoms with Gasteiger partial charge in [-0.1, -0.05) is 6.07 Å². The second-order valence-electron chi connectivity index (χ2n) is 6.39. The van der Waals surface area contributed by atoms with E-state index < -0.39 is 6.04 Å². The first-order chi connectivity index (χ1) is 13.7. The first-order valence-electron chi connectivity index (χ1n) is 8.91. The van der Waals surface area contributed by atoms with E-state index in [4.69, 9.17) is 4.74 Å². The molecule has 0 radical (unpaired) electrons. The minimum Gasteiger partial charge on any atom is -0.497 e. The molecule has 0 aliphatic carbocycles. The molecule has 0 spiro atoms. The number of aromatic nitrogens is 1. The lowest BCUT2D eigenvalue weighted by molar-refractivity contribution is -0.119. The first-order valence-corrected chi connectivity index (χ1v) is 10.7. The Bertz CT molecular complexity index is 967. The van der Waals surface area contributed by atoms with Crippen LogP contribution in [0.3, 0.4) is 0 Å². The number of amides is 2. The van der Waals surface area contributed by atoms with Crippen molar-refractivity contribution < 1.29 is 14.3 Å². The van der Waals surface area contributed by atoms with E-state index in [1.807, 2.05) is 41.1 Å². The zero-order valence-electron chi connectivity index (χ0n) is 15.3. The Morgan fingerprint density at radius 2 is 2.04 bits per heavy atom. The third-order valence-corrected chi connectivity index (χ3v) is 6.28. The Labute approximate surface area is 170 Å². The normalized spacial score (nSPS) is 16.2. The van der Waals surface area contributed by atoms with Gasteiger partial charge in [0.15, 0.2) is 5.13 Å². The molecule has 3 heterocycles. The van der Waals surface area contributed by atoms with Gasteiger partial charge in [0.25, 0.3) is 5.91 Å². The number of methoxy groups -OCH3 is 1. The lowest BCUT2D eigenvalue weighted by Gasteiger charge is -2.22. The number of anilines is 1. The average Bonchev–Trinajstić information content (AvgIpc) is 3.48. The predicted octanol–water partition coefficient (Wildman–Crippen LogP) is 4.12. The van der Waals surface area contributed by atoms with Gasteiger partial charge in [-0.05, 0) is 48.6 Å². The average molecular weight is 414 g/mol. The summed E-state index contributed by atoms with van der Waals surface area (Å²) in [4.78, 5) is 32.3. The molecule has 1 saturated heterocycles. The molecule has 0 unspecified atom stereocenters. The molecule has 3 aromatic rings. The van der Waals surface area contributed by atoms with E-state index in [2.05, 4.69) is 10.3 Å². The molecule has 1 atom stereocenters. The highest BCUT2D eigenvalue weighted by Gasteiger charge is 2.35. The van der Waals surface area contributed by atoms with E-state index in [0.29, 0.717) is 23.0 Å². The number of hydrogen-bond acceptors (Lipinski definition) is 6. The summed E-state index contributed by atoms with van der Waals surface area (Å²) in [5.41, 5.74) is 1.74. The predicted molar refractivity (Wildman–Crippen MR) is 111 cm³/mol. The fraction of sp³-hybridized carbons (Fsp3) is 0.250. The fourth-order valence-corrected chi connectivity index (χ4v) is 4.64. The van der Waals surface area contributed by atoms with E-state index in [1.54, 1.807) is 18.1 Å². The highest BCUT2D eigenvalue weighted by Crippen LogP contribution is 2.28. The van der Waals surface area contributed by atoms with Gasteiger partial charge in [-0.2, -0.15) is 0 Å². The standard InChI is InChI=1S/C20H19N3O3S2/c1-26-14-8-6-13(7-9-14)15-12-28-20(21-15)22-18(24)16-4-2-10-23(16)19(25)17-5-3-11-27-17/h3,5-9,11-12,16H,2,4,10H2,1H3,(H,21,22,24)/t16-/m1/s1. The molecule has 0 bridgehead atoms. The number of ether oxygens (including phenoxy) is 1. The van der Waals surface area contributed by atoms with Crippen molar-refractivity contribution >= 4 is 39.6 Å². The van der Waals surface area contributed by atoms with Crippen LogP contribution in [0.15, 0.2) is 47.2 Å². The summed E-state index contributed by atoms with van der Waals surface area (Å²) in [5, 5.41) is 7.19. The SMILES string of the molecule is COc1ccc(-c2csc(NC(=O)[C@H]3CCCN3C(=O)c3cccs3)n2)cc1. The third kappa shape index (κ3) is 3.79. The molecule has 144 valence electrons. The Balaban J connectivity index is 1.44. The number of thiophene rings is 1. The molecule has 2 aromatic heterocycles. The molecular formula is C20H19N3O3S2. The minimum absolute atomic E-state index is 0.0780. The van der Waals surface area contributed by atoms with Crippen molar-refractivity contribution in [3.8, 4) is 17.0 Å². The summed E-state index contributed by atoms with van der Waals surface area (Å²) in [7, 11) is 1.63. The summed E-state index contributed by atoms with van der Waals surface area (Å²) in [6, 6.07) is 10.8. The lowest BCUT2D eigenvalue weighted by atomic mass is 10.2. The number of benzene rings is 1. The van der Waals surface area contributed by atoms with Crippen molar-refractivity contribution in [2.75, 3.05) is 19.0 Å². The number of carbonyl (C=O) groups excluding carboxylic acids is 2. The maximum atomic E-state index is 12.8. The molecule has 0 saturated carbocycles. The molecule has 1 fully saturated rings. The van der Waals surface area contributed by atoms with Crippen LogP contribution in [0.2, 0.25) is 0 Å². The van der Waals surface area contributed by atoms with E-state index in [1.165, 1.54) is 22.7 Å². The Morgan fingerprint density at radius 1 is 1.21 bits per heavy atom. The van der Waals surface area contributed by atoms with Crippen molar-refractivity contribution in [1.82, 2.24) is 9.88 Å². The van der Waals surface area contributed by atoms with Gasteiger partial charge >= 0.3 is 0 Å². The van der Waals surface area contributed by atoms with Crippen molar-refractivity contribution in [2.24, 2.45) is 0 Å². The second kappa shape index (κ2) is 8.12. The van der Waals surface area contributed by atoms with Gasteiger partial charge in [-0.15, -0.1) is 22.7 Å². The van der Waals surface area contributed by atoms with Gasteiger partial charge in [0.1, 0.15) is 11.8 Å². The van der Waals surface area contributed by atoms with Crippen molar-refractivity contribution in [1.29, 1.82) is 0 Å². The second-order valence-corrected chi connectivity index (χ2v) is 8.20. The molecule has 1 aliphatic heterocycles. The molecule has 1 N–H and O–H groups in total. The van der Waals surface area contributed by atoms with E-state index in [-0.39, 0.29) is 11.8 Å². The van der Waals surface area contributed by atoms with Crippen LogP contribution in [0.5, 0.6) is 5.75 Å². The largest absolute Gasteiger partial charge is 0.497 e. The van der Waals surface area contributed by atoms with Crippen LogP contribution in [0.4, 0.5) is 5.13 Å². The van der Waals surface area contributed by atoms with Crippen LogP contribution in [0.25, 0.3) is 11.3 Å². The molecule has 2 amide bonds. The summed E-state index contributed by atoms with van der Waals surface area (Å²) < 4.78 is 5.17. The lowest BCUT2D eigenvalue weighted by Crippen LogP contribution is -2.42. The van der Waals surface area contributed by atoms with Crippen LogP contribution >= 0.6 is 22.7 Å². The maximum Gasteiger partial charge on any atom is 0.264 e. The summed E-state index contributed by atoms with van der Waals surface area (Å²) in [6.07, 6.45) is 1.49. The van der Waals surface area contributed by atoms with Crippen LogP contribution in [0, 0.1) is 0 Å². The van der Waals surface area contributed by atoms with Crippen LogP contribution in [-0.4, -0.2) is 41.4 Å². The molecule has 1 aliphatic rings. The summed E-state index contributed by atoms with van der Waals surface area (Å²) in [5.74, 6) is 0.521. The molecule has 28 heavy (non-hydrogen) atoms. The Morgan fingerprint density at radius 3 is 2.75 bits per heavy atom. The minimum atomic E-state index is -0.456. The molecule has 1 aromatic carbocycles. The highest BCUT2D eigenvalue weighted by atomic mass is 32.1. The number of nitrogens with one attached hydrogen (secondary N) is 1. The van der Waals surface area contributed by atoms with E-state index in [0.717, 1.165) is 23.4 Å². The van der Waals surface area contributed by atoms with Crippen LogP contribution < -0.4 is 10.1 Å². The van der Waals surface area contributed by atoms with Gasteiger partial charge in [0, 0.05) is 17.5 Å².